The zero-order valence-electron chi connectivity index (χ0n) is 11.6. The zero-order chi connectivity index (χ0) is 13.5. The quantitative estimate of drug-likeness (QED) is 0.832. The summed E-state index contributed by atoms with van der Waals surface area (Å²) in [5.74, 6) is 0.913. The van der Waals surface area contributed by atoms with Gasteiger partial charge in [0.2, 0.25) is 0 Å². The molecular weight excluding hydrogens is 234 g/mol. The summed E-state index contributed by atoms with van der Waals surface area (Å²) < 4.78 is 5.50. The first-order valence-electron chi connectivity index (χ1n) is 6.87. The Balaban J connectivity index is 2.03. The van der Waals surface area contributed by atoms with Crippen LogP contribution in [0.3, 0.4) is 0 Å². The van der Waals surface area contributed by atoms with E-state index < -0.39 is 0 Å². The van der Waals surface area contributed by atoms with Crippen LogP contribution < -0.4 is 10.1 Å². The third-order valence-electron chi connectivity index (χ3n) is 3.13. The van der Waals surface area contributed by atoms with Crippen LogP contribution in [0.25, 0.3) is 0 Å². The fourth-order valence-corrected chi connectivity index (χ4v) is 2.13. The second kappa shape index (κ2) is 6.83. The highest BCUT2D eigenvalue weighted by atomic mass is 16.5. The van der Waals surface area contributed by atoms with Crippen molar-refractivity contribution in [1.29, 1.82) is 0 Å². The van der Waals surface area contributed by atoms with Gasteiger partial charge in [0.1, 0.15) is 5.75 Å². The van der Waals surface area contributed by atoms with Gasteiger partial charge in [-0.2, -0.15) is 0 Å². The molecule has 1 N–H and O–H groups in total. The van der Waals surface area contributed by atoms with Crippen LogP contribution in [0.5, 0.6) is 5.75 Å². The standard InChI is InChI=1S/C17H21NO/c1-3-14-8-5-6-9-15(14)13-18-16-10-7-11-17(12-16)19-4-2/h5-12,18H,3-4,13H2,1-2H3. The van der Waals surface area contributed by atoms with E-state index in [0.717, 1.165) is 24.4 Å². The second-order valence-corrected chi connectivity index (χ2v) is 4.44. The van der Waals surface area contributed by atoms with Crippen molar-refractivity contribution in [1.82, 2.24) is 0 Å². The lowest BCUT2D eigenvalue weighted by atomic mass is 10.1. The summed E-state index contributed by atoms with van der Waals surface area (Å²) in [7, 11) is 0. The lowest BCUT2D eigenvalue weighted by Crippen LogP contribution is -2.02. The van der Waals surface area contributed by atoms with Crippen LogP contribution in [-0.4, -0.2) is 6.61 Å². The molecule has 0 bridgehead atoms. The van der Waals surface area contributed by atoms with Crippen molar-refractivity contribution in [2.24, 2.45) is 0 Å². The van der Waals surface area contributed by atoms with Gasteiger partial charge in [-0.15, -0.1) is 0 Å². The first kappa shape index (κ1) is 13.5. The van der Waals surface area contributed by atoms with Gasteiger partial charge in [-0.05, 0) is 36.6 Å². The predicted molar refractivity (Wildman–Crippen MR) is 80.8 cm³/mol. The first-order chi connectivity index (χ1) is 9.33. The Morgan fingerprint density at radius 3 is 2.47 bits per heavy atom. The maximum atomic E-state index is 5.50. The van der Waals surface area contributed by atoms with Crippen LogP contribution >= 0.6 is 0 Å². The van der Waals surface area contributed by atoms with Crippen molar-refractivity contribution in [2.75, 3.05) is 11.9 Å². The molecule has 2 aromatic rings. The maximum Gasteiger partial charge on any atom is 0.121 e. The van der Waals surface area contributed by atoms with E-state index in [1.54, 1.807) is 0 Å². The average molecular weight is 255 g/mol. The van der Waals surface area contributed by atoms with E-state index in [2.05, 4.69) is 42.6 Å². The fraction of sp³-hybridized carbons (Fsp3) is 0.294. The monoisotopic (exact) mass is 255 g/mol. The van der Waals surface area contributed by atoms with Gasteiger partial charge < -0.3 is 10.1 Å². The molecule has 100 valence electrons. The molecule has 0 aliphatic carbocycles. The molecule has 0 aliphatic rings. The number of benzene rings is 2. The van der Waals surface area contributed by atoms with E-state index in [1.807, 2.05) is 25.1 Å². The summed E-state index contributed by atoms with van der Waals surface area (Å²) in [4.78, 5) is 0. The Kier molecular flexibility index (Phi) is 4.85. The Bertz CT molecular complexity index is 522. The first-order valence-corrected chi connectivity index (χ1v) is 6.87. The minimum absolute atomic E-state index is 0.697. The highest BCUT2D eigenvalue weighted by Gasteiger charge is 2.00. The molecule has 2 heteroatoms. The molecular formula is C17H21NO. The Morgan fingerprint density at radius 2 is 1.74 bits per heavy atom. The summed E-state index contributed by atoms with van der Waals surface area (Å²) in [6.45, 7) is 5.73. The lowest BCUT2D eigenvalue weighted by Gasteiger charge is -2.11. The molecule has 0 fully saturated rings. The number of aryl methyl sites for hydroxylation is 1. The smallest absolute Gasteiger partial charge is 0.121 e. The third kappa shape index (κ3) is 3.75. The molecule has 0 radical (unpaired) electrons. The van der Waals surface area contributed by atoms with Crippen LogP contribution in [0.1, 0.15) is 25.0 Å². The maximum absolute atomic E-state index is 5.50. The molecule has 0 heterocycles. The van der Waals surface area contributed by atoms with Crippen LogP contribution in [0, 0.1) is 0 Å². The lowest BCUT2D eigenvalue weighted by molar-refractivity contribution is 0.340. The van der Waals surface area contributed by atoms with Crippen LogP contribution in [0.15, 0.2) is 48.5 Å². The Hall–Kier alpha value is -1.96. The minimum Gasteiger partial charge on any atom is -0.494 e. The van der Waals surface area contributed by atoms with E-state index in [4.69, 9.17) is 4.74 Å². The van der Waals surface area contributed by atoms with Gasteiger partial charge >= 0.3 is 0 Å². The third-order valence-corrected chi connectivity index (χ3v) is 3.13. The van der Waals surface area contributed by atoms with Crippen LogP contribution in [0.2, 0.25) is 0 Å². The van der Waals surface area contributed by atoms with Crippen molar-refractivity contribution in [2.45, 2.75) is 26.8 Å². The van der Waals surface area contributed by atoms with E-state index in [0.29, 0.717) is 6.61 Å². The molecule has 0 spiro atoms. The number of ether oxygens (including phenoxy) is 1. The van der Waals surface area contributed by atoms with E-state index >= 15 is 0 Å². The molecule has 0 unspecified atom stereocenters. The fourth-order valence-electron chi connectivity index (χ4n) is 2.13. The van der Waals surface area contributed by atoms with Crippen molar-refractivity contribution >= 4 is 5.69 Å². The van der Waals surface area contributed by atoms with Crippen molar-refractivity contribution in [3.63, 3.8) is 0 Å². The molecule has 0 amide bonds. The topological polar surface area (TPSA) is 21.3 Å². The Labute approximate surface area is 115 Å². The van der Waals surface area contributed by atoms with Crippen LogP contribution in [-0.2, 0) is 13.0 Å². The molecule has 2 aromatic carbocycles. The molecule has 0 aromatic heterocycles. The minimum atomic E-state index is 0.697. The molecule has 19 heavy (non-hydrogen) atoms. The molecule has 0 aliphatic heterocycles. The number of hydrogen-bond donors (Lipinski definition) is 1. The molecule has 0 saturated carbocycles. The zero-order valence-corrected chi connectivity index (χ0v) is 11.6. The van der Waals surface area contributed by atoms with E-state index in [1.165, 1.54) is 11.1 Å². The Morgan fingerprint density at radius 1 is 0.947 bits per heavy atom. The summed E-state index contributed by atoms with van der Waals surface area (Å²) >= 11 is 0. The van der Waals surface area contributed by atoms with Crippen LogP contribution in [0.4, 0.5) is 5.69 Å². The predicted octanol–water partition coefficient (Wildman–Crippen LogP) is 4.26. The van der Waals surface area contributed by atoms with Gasteiger partial charge in [0, 0.05) is 18.3 Å². The van der Waals surface area contributed by atoms with Gasteiger partial charge in [0.15, 0.2) is 0 Å². The number of rotatable bonds is 6. The SMILES string of the molecule is CCOc1cccc(NCc2ccccc2CC)c1. The van der Waals surface area contributed by atoms with Crippen molar-refractivity contribution in [3.05, 3.63) is 59.7 Å². The molecule has 0 atom stereocenters. The number of anilines is 1. The average Bonchev–Trinajstić information content (AvgIpc) is 2.46. The second-order valence-electron chi connectivity index (χ2n) is 4.44. The largest absolute Gasteiger partial charge is 0.494 e. The van der Waals surface area contributed by atoms with Gasteiger partial charge in [0.25, 0.3) is 0 Å². The molecule has 2 nitrogen and oxygen atoms in total. The van der Waals surface area contributed by atoms with Crippen molar-refractivity contribution in [3.8, 4) is 5.75 Å². The summed E-state index contributed by atoms with van der Waals surface area (Å²) in [5, 5.41) is 3.45. The van der Waals surface area contributed by atoms with Gasteiger partial charge in [-0.25, -0.2) is 0 Å². The van der Waals surface area contributed by atoms with Gasteiger partial charge in [-0.1, -0.05) is 37.3 Å². The van der Waals surface area contributed by atoms with Gasteiger partial charge in [-0.3, -0.25) is 0 Å². The van der Waals surface area contributed by atoms with E-state index in [-0.39, 0.29) is 0 Å². The molecule has 2 rings (SSSR count). The summed E-state index contributed by atoms with van der Waals surface area (Å²) in [6, 6.07) is 16.7. The van der Waals surface area contributed by atoms with E-state index in [9.17, 15) is 0 Å². The van der Waals surface area contributed by atoms with Crippen molar-refractivity contribution < 1.29 is 4.74 Å². The summed E-state index contributed by atoms with van der Waals surface area (Å²) in [5.41, 5.74) is 3.85. The number of nitrogens with one attached hydrogen (secondary N) is 1. The molecule has 0 saturated heterocycles. The van der Waals surface area contributed by atoms with Gasteiger partial charge in [0.05, 0.1) is 6.61 Å². The normalized spacial score (nSPS) is 10.2. The highest BCUT2D eigenvalue weighted by molar-refractivity contribution is 5.49. The number of hydrogen-bond acceptors (Lipinski definition) is 2. The highest BCUT2D eigenvalue weighted by Crippen LogP contribution is 2.19. The summed E-state index contributed by atoms with van der Waals surface area (Å²) in [6.07, 6.45) is 1.07.